The largest absolute Gasteiger partial charge is 0.395 e. The number of rotatable bonds is 6. The number of carbonyl (C=O) groups excluding carboxylic acids is 2. The maximum atomic E-state index is 12.9. The zero-order valence-electron chi connectivity index (χ0n) is 13.2. The molecule has 0 saturated heterocycles. The van der Waals surface area contributed by atoms with E-state index < -0.39 is 0 Å². The summed E-state index contributed by atoms with van der Waals surface area (Å²) in [6.45, 7) is 0.390. The van der Waals surface area contributed by atoms with E-state index in [0.29, 0.717) is 11.3 Å². The third kappa shape index (κ3) is 2.95. The third-order valence-corrected chi connectivity index (χ3v) is 4.71. The first kappa shape index (κ1) is 16.4. The Morgan fingerprint density at radius 3 is 2.58 bits per heavy atom. The Hall–Kier alpha value is -2.51. The van der Waals surface area contributed by atoms with Gasteiger partial charge in [-0.15, -0.1) is 11.3 Å². The predicted molar refractivity (Wildman–Crippen MR) is 90.7 cm³/mol. The molecule has 24 heavy (non-hydrogen) atoms. The maximum absolute atomic E-state index is 12.9. The summed E-state index contributed by atoms with van der Waals surface area (Å²) >= 11 is 1.42. The van der Waals surface area contributed by atoms with Crippen LogP contribution in [0.25, 0.3) is 5.57 Å². The molecular weight excluding hydrogens is 326 g/mol. The van der Waals surface area contributed by atoms with Gasteiger partial charge in [0.05, 0.1) is 18.7 Å². The van der Waals surface area contributed by atoms with Crippen molar-refractivity contribution in [3.63, 3.8) is 0 Å². The summed E-state index contributed by atoms with van der Waals surface area (Å²) < 4.78 is 0. The van der Waals surface area contributed by atoms with Crippen LogP contribution in [0.15, 0.2) is 47.7 Å². The van der Waals surface area contributed by atoms with Gasteiger partial charge in [-0.1, -0.05) is 6.07 Å². The van der Waals surface area contributed by atoms with Crippen LogP contribution < -0.4 is 0 Å². The molecule has 0 radical (unpaired) electrons. The molecule has 2 aromatic rings. The van der Waals surface area contributed by atoms with Crippen LogP contribution in [-0.4, -0.2) is 51.9 Å². The molecule has 0 aliphatic carbocycles. The van der Waals surface area contributed by atoms with Crippen LogP contribution >= 0.6 is 11.3 Å². The molecule has 2 aromatic heterocycles. The molecule has 2 amide bonds. The average Bonchev–Trinajstić information content (AvgIpc) is 3.18. The Kier molecular flexibility index (Phi) is 4.73. The minimum atomic E-state index is -0.337. The number of hydrogen-bond acceptors (Lipinski definition) is 6. The fourth-order valence-electron chi connectivity index (χ4n) is 2.64. The first-order chi connectivity index (χ1) is 11.6. The number of aliphatic hydroxyl groups excluding tert-OH is 1. The SMILES string of the molecule is CN(CCO)C1=C(c2cccs2)C(=O)N(Cc2ccncc2)C1=O. The Labute approximate surface area is 143 Å². The molecule has 6 nitrogen and oxygen atoms in total. The molecule has 0 unspecified atom stereocenters. The zero-order chi connectivity index (χ0) is 17.1. The van der Waals surface area contributed by atoms with Crippen LogP contribution in [0.3, 0.4) is 0 Å². The van der Waals surface area contributed by atoms with Gasteiger partial charge in [0.15, 0.2) is 0 Å². The highest BCUT2D eigenvalue weighted by Gasteiger charge is 2.40. The number of pyridine rings is 1. The number of imide groups is 1. The zero-order valence-corrected chi connectivity index (χ0v) is 14.0. The fraction of sp³-hybridized carbons (Fsp3) is 0.235. The quantitative estimate of drug-likeness (QED) is 0.802. The maximum Gasteiger partial charge on any atom is 0.278 e. The van der Waals surface area contributed by atoms with E-state index in [-0.39, 0.29) is 31.5 Å². The summed E-state index contributed by atoms with van der Waals surface area (Å²) in [4.78, 5) is 33.3. The lowest BCUT2D eigenvalue weighted by Crippen LogP contribution is -2.34. The van der Waals surface area contributed by atoms with Gasteiger partial charge in [-0.2, -0.15) is 0 Å². The first-order valence-electron chi connectivity index (χ1n) is 7.48. The molecule has 0 spiro atoms. The number of amides is 2. The van der Waals surface area contributed by atoms with Crippen molar-refractivity contribution in [1.29, 1.82) is 0 Å². The van der Waals surface area contributed by atoms with E-state index in [2.05, 4.69) is 4.98 Å². The van der Waals surface area contributed by atoms with Gasteiger partial charge in [0.25, 0.3) is 11.8 Å². The Morgan fingerprint density at radius 2 is 1.96 bits per heavy atom. The van der Waals surface area contributed by atoms with Crippen LogP contribution in [0, 0.1) is 0 Å². The lowest BCUT2D eigenvalue weighted by atomic mass is 10.2. The number of nitrogens with zero attached hydrogens (tertiary/aromatic N) is 3. The number of hydrogen-bond donors (Lipinski definition) is 1. The molecule has 1 N–H and O–H groups in total. The van der Waals surface area contributed by atoms with Crippen molar-refractivity contribution in [2.45, 2.75) is 6.54 Å². The summed E-state index contributed by atoms with van der Waals surface area (Å²) in [6.07, 6.45) is 3.26. The smallest absolute Gasteiger partial charge is 0.278 e. The van der Waals surface area contributed by atoms with E-state index in [1.807, 2.05) is 17.5 Å². The topological polar surface area (TPSA) is 73.7 Å². The van der Waals surface area contributed by atoms with Crippen molar-refractivity contribution in [1.82, 2.24) is 14.8 Å². The van der Waals surface area contributed by atoms with Gasteiger partial charge in [-0.05, 0) is 29.1 Å². The van der Waals surface area contributed by atoms with E-state index in [9.17, 15) is 14.7 Å². The minimum Gasteiger partial charge on any atom is -0.395 e. The highest BCUT2D eigenvalue weighted by Crippen LogP contribution is 2.34. The van der Waals surface area contributed by atoms with Crippen molar-refractivity contribution in [2.24, 2.45) is 0 Å². The molecule has 3 rings (SSSR count). The second-order valence-electron chi connectivity index (χ2n) is 5.40. The van der Waals surface area contributed by atoms with Crippen LogP contribution in [0.1, 0.15) is 10.4 Å². The van der Waals surface area contributed by atoms with Crippen molar-refractivity contribution in [3.8, 4) is 0 Å². The molecule has 0 fully saturated rings. The Bertz CT molecular complexity index is 772. The summed E-state index contributed by atoms with van der Waals surface area (Å²) in [7, 11) is 1.71. The monoisotopic (exact) mass is 343 g/mol. The van der Waals surface area contributed by atoms with Gasteiger partial charge in [0.1, 0.15) is 5.70 Å². The van der Waals surface area contributed by atoms with Gasteiger partial charge < -0.3 is 10.0 Å². The average molecular weight is 343 g/mol. The van der Waals surface area contributed by atoms with Crippen LogP contribution in [0.5, 0.6) is 0 Å². The van der Waals surface area contributed by atoms with E-state index >= 15 is 0 Å². The van der Waals surface area contributed by atoms with E-state index in [1.165, 1.54) is 16.2 Å². The van der Waals surface area contributed by atoms with Crippen molar-refractivity contribution >= 4 is 28.7 Å². The molecule has 1 aliphatic heterocycles. The third-order valence-electron chi connectivity index (χ3n) is 3.82. The summed E-state index contributed by atoms with van der Waals surface area (Å²) in [5.41, 5.74) is 1.58. The minimum absolute atomic E-state index is 0.0937. The molecule has 7 heteroatoms. The van der Waals surface area contributed by atoms with Gasteiger partial charge in [0.2, 0.25) is 0 Å². The number of aliphatic hydroxyl groups is 1. The molecule has 0 saturated carbocycles. The van der Waals surface area contributed by atoms with Gasteiger partial charge in [0, 0.05) is 30.9 Å². The van der Waals surface area contributed by atoms with E-state index in [1.54, 1.807) is 36.5 Å². The van der Waals surface area contributed by atoms with Crippen molar-refractivity contribution in [2.75, 3.05) is 20.2 Å². The van der Waals surface area contributed by atoms with Crippen molar-refractivity contribution in [3.05, 3.63) is 58.2 Å². The van der Waals surface area contributed by atoms with Crippen molar-refractivity contribution < 1.29 is 14.7 Å². The lowest BCUT2D eigenvalue weighted by molar-refractivity contribution is -0.138. The Balaban J connectivity index is 1.98. The van der Waals surface area contributed by atoms with E-state index in [0.717, 1.165) is 10.4 Å². The second kappa shape index (κ2) is 6.94. The standard InChI is InChI=1S/C17H17N3O3S/c1-19(8-9-21)15-14(13-3-2-10-24-13)16(22)20(17(15)23)11-12-4-6-18-7-5-12/h2-7,10,21H,8-9,11H2,1H3. The lowest BCUT2D eigenvalue weighted by Gasteiger charge is -2.20. The summed E-state index contributed by atoms with van der Waals surface area (Å²) in [5, 5.41) is 11.1. The molecule has 1 aliphatic rings. The number of aromatic nitrogens is 1. The summed E-state index contributed by atoms with van der Waals surface area (Å²) in [5.74, 6) is -0.643. The number of thiophene rings is 1. The number of likely N-dealkylation sites (N-methyl/N-ethyl adjacent to an activating group) is 1. The Morgan fingerprint density at radius 1 is 1.21 bits per heavy atom. The normalized spacial score (nSPS) is 14.7. The predicted octanol–water partition coefficient (Wildman–Crippen LogP) is 1.35. The fourth-order valence-corrected chi connectivity index (χ4v) is 3.40. The molecule has 3 heterocycles. The molecule has 124 valence electrons. The van der Waals surface area contributed by atoms with Gasteiger partial charge in [-0.3, -0.25) is 19.5 Å². The molecule has 0 aromatic carbocycles. The van der Waals surface area contributed by atoms with Crippen LogP contribution in [0.2, 0.25) is 0 Å². The number of carbonyl (C=O) groups is 2. The van der Waals surface area contributed by atoms with Gasteiger partial charge in [-0.25, -0.2) is 0 Å². The first-order valence-corrected chi connectivity index (χ1v) is 8.36. The second-order valence-corrected chi connectivity index (χ2v) is 6.35. The molecular formula is C17H17N3O3S. The highest BCUT2D eigenvalue weighted by molar-refractivity contribution is 7.11. The van der Waals surface area contributed by atoms with E-state index in [4.69, 9.17) is 0 Å². The molecule has 0 bridgehead atoms. The summed E-state index contributed by atoms with van der Waals surface area (Å²) in [6, 6.07) is 7.23. The highest BCUT2D eigenvalue weighted by atomic mass is 32.1. The van der Waals surface area contributed by atoms with Crippen LogP contribution in [-0.2, 0) is 16.1 Å². The van der Waals surface area contributed by atoms with Gasteiger partial charge >= 0.3 is 0 Å². The molecule has 0 atom stereocenters. The van der Waals surface area contributed by atoms with Crippen LogP contribution in [0.4, 0.5) is 0 Å².